The summed E-state index contributed by atoms with van der Waals surface area (Å²) in [6.07, 6.45) is 2.24. The van der Waals surface area contributed by atoms with E-state index in [-0.39, 0.29) is 18.6 Å². The molecule has 0 aromatic heterocycles. The fraction of sp³-hybridized carbons (Fsp3) is 0.933. The summed E-state index contributed by atoms with van der Waals surface area (Å²) in [5, 5.41) is 0. The van der Waals surface area contributed by atoms with E-state index in [2.05, 4.69) is 27.7 Å². The van der Waals surface area contributed by atoms with Gasteiger partial charge in [-0.1, -0.05) is 27.7 Å². The molecular weight excluding hydrogens is 226 g/mol. The van der Waals surface area contributed by atoms with Crippen molar-refractivity contribution in [3.8, 4) is 0 Å². The minimum Gasteiger partial charge on any atom is -0.369 e. The first-order valence-corrected chi connectivity index (χ1v) is 7.22. The van der Waals surface area contributed by atoms with Crippen molar-refractivity contribution in [1.29, 1.82) is 0 Å². The van der Waals surface area contributed by atoms with E-state index >= 15 is 0 Å². The van der Waals surface area contributed by atoms with E-state index in [0.717, 1.165) is 25.9 Å². The Morgan fingerprint density at radius 3 is 1.72 bits per heavy atom. The number of carbonyl (C=O) groups excluding carboxylic acids is 1. The van der Waals surface area contributed by atoms with Gasteiger partial charge in [-0.2, -0.15) is 0 Å². The van der Waals surface area contributed by atoms with Gasteiger partial charge in [0, 0.05) is 13.1 Å². The Morgan fingerprint density at radius 2 is 1.39 bits per heavy atom. The zero-order valence-corrected chi connectivity index (χ0v) is 13.0. The quantitative estimate of drug-likeness (QED) is 0.634. The second kappa shape index (κ2) is 9.37. The van der Waals surface area contributed by atoms with Crippen molar-refractivity contribution in [2.24, 2.45) is 11.8 Å². The summed E-state index contributed by atoms with van der Waals surface area (Å²) in [6, 6.07) is 0. The van der Waals surface area contributed by atoms with Gasteiger partial charge in [-0.15, -0.1) is 0 Å². The highest BCUT2D eigenvalue weighted by Gasteiger charge is 2.15. The third kappa shape index (κ3) is 9.46. The van der Waals surface area contributed by atoms with E-state index in [0.29, 0.717) is 11.8 Å². The van der Waals surface area contributed by atoms with E-state index in [9.17, 15) is 4.79 Å². The Hall–Kier alpha value is -0.570. The van der Waals surface area contributed by atoms with Gasteiger partial charge in [0.25, 0.3) is 0 Å². The first kappa shape index (κ1) is 17.4. The number of carbonyl (C=O) groups is 1. The Bertz CT molecular complexity index is 213. The van der Waals surface area contributed by atoms with Crippen LogP contribution in [0.25, 0.3) is 0 Å². The minimum atomic E-state index is 0.117. The lowest BCUT2D eigenvalue weighted by Gasteiger charge is -2.25. The molecule has 3 heteroatoms. The van der Waals surface area contributed by atoms with Gasteiger partial charge >= 0.3 is 0 Å². The van der Waals surface area contributed by atoms with Crippen LogP contribution in [0.5, 0.6) is 0 Å². The standard InChI is InChI=1S/C15H31NO2/c1-12(2)7-9-16(10-8-13(3)4)15(17)11-18-14(5)6/h12-14H,7-11H2,1-6H3. The third-order valence-electron chi connectivity index (χ3n) is 2.85. The molecule has 0 bridgehead atoms. The number of hydrogen-bond acceptors (Lipinski definition) is 2. The predicted molar refractivity (Wildman–Crippen MR) is 76.6 cm³/mol. The highest BCUT2D eigenvalue weighted by Crippen LogP contribution is 2.07. The lowest BCUT2D eigenvalue weighted by atomic mass is 10.1. The molecule has 0 aliphatic heterocycles. The summed E-state index contributed by atoms with van der Waals surface area (Å²) in [7, 11) is 0. The maximum absolute atomic E-state index is 12.1. The lowest BCUT2D eigenvalue weighted by Crippen LogP contribution is -2.37. The zero-order valence-electron chi connectivity index (χ0n) is 13.0. The summed E-state index contributed by atoms with van der Waals surface area (Å²) in [4.78, 5) is 14.0. The van der Waals surface area contributed by atoms with E-state index in [1.54, 1.807) is 0 Å². The monoisotopic (exact) mass is 257 g/mol. The van der Waals surface area contributed by atoms with Crippen LogP contribution in [0.15, 0.2) is 0 Å². The highest BCUT2D eigenvalue weighted by atomic mass is 16.5. The summed E-state index contributed by atoms with van der Waals surface area (Å²) < 4.78 is 5.41. The second-order valence-electron chi connectivity index (χ2n) is 6.11. The molecule has 0 unspecified atom stereocenters. The molecule has 3 nitrogen and oxygen atoms in total. The Labute approximate surface area is 113 Å². The molecule has 18 heavy (non-hydrogen) atoms. The molecule has 0 spiro atoms. The van der Waals surface area contributed by atoms with Gasteiger partial charge in [0.1, 0.15) is 6.61 Å². The van der Waals surface area contributed by atoms with Gasteiger partial charge in [-0.05, 0) is 38.5 Å². The van der Waals surface area contributed by atoms with E-state index in [1.807, 2.05) is 18.7 Å². The minimum absolute atomic E-state index is 0.117. The maximum Gasteiger partial charge on any atom is 0.248 e. The van der Waals surface area contributed by atoms with Crippen molar-refractivity contribution >= 4 is 5.91 Å². The van der Waals surface area contributed by atoms with Crippen LogP contribution in [0.2, 0.25) is 0 Å². The summed E-state index contributed by atoms with van der Waals surface area (Å²) in [6.45, 7) is 14.6. The van der Waals surface area contributed by atoms with Crippen molar-refractivity contribution in [3.05, 3.63) is 0 Å². The summed E-state index contributed by atoms with van der Waals surface area (Å²) in [5.41, 5.74) is 0. The fourth-order valence-electron chi connectivity index (χ4n) is 1.52. The van der Waals surface area contributed by atoms with Crippen LogP contribution < -0.4 is 0 Å². The summed E-state index contributed by atoms with van der Waals surface area (Å²) in [5.74, 6) is 1.39. The van der Waals surface area contributed by atoms with Gasteiger partial charge in [-0.3, -0.25) is 4.79 Å². The maximum atomic E-state index is 12.1. The normalized spacial score (nSPS) is 11.6. The number of ether oxygens (including phenoxy) is 1. The van der Waals surface area contributed by atoms with Crippen molar-refractivity contribution in [2.75, 3.05) is 19.7 Å². The molecule has 0 radical (unpaired) electrons. The van der Waals surface area contributed by atoms with Gasteiger partial charge in [0.05, 0.1) is 6.10 Å². The van der Waals surface area contributed by atoms with Crippen LogP contribution in [0.4, 0.5) is 0 Å². The molecule has 0 saturated heterocycles. The Kier molecular flexibility index (Phi) is 9.08. The predicted octanol–water partition coefficient (Wildman–Crippen LogP) is 3.33. The van der Waals surface area contributed by atoms with Gasteiger partial charge in [-0.25, -0.2) is 0 Å². The van der Waals surface area contributed by atoms with E-state index in [1.165, 1.54) is 0 Å². The van der Waals surface area contributed by atoms with Crippen molar-refractivity contribution < 1.29 is 9.53 Å². The lowest BCUT2D eigenvalue weighted by molar-refractivity contribution is -0.137. The van der Waals surface area contributed by atoms with E-state index in [4.69, 9.17) is 4.74 Å². The molecule has 0 fully saturated rings. The van der Waals surface area contributed by atoms with Crippen LogP contribution in [0, 0.1) is 11.8 Å². The van der Waals surface area contributed by atoms with Crippen LogP contribution in [0.3, 0.4) is 0 Å². The molecule has 0 rings (SSSR count). The molecule has 0 saturated carbocycles. The smallest absolute Gasteiger partial charge is 0.248 e. The molecule has 1 amide bonds. The molecule has 0 aromatic rings. The van der Waals surface area contributed by atoms with Crippen LogP contribution in [-0.4, -0.2) is 36.6 Å². The molecule has 0 heterocycles. The Morgan fingerprint density at radius 1 is 0.944 bits per heavy atom. The first-order valence-electron chi connectivity index (χ1n) is 7.22. The molecular formula is C15H31NO2. The number of nitrogens with zero attached hydrogens (tertiary/aromatic N) is 1. The van der Waals surface area contributed by atoms with Crippen molar-refractivity contribution in [2.45, 2.75) is 60.5 Å². The van der Waals surface area contributed by atoms with Crippen LogP contribution in [0.1, 0.15) is 54.4 Å². The van der Waals surface area contributed by atoms with Crippen molar-refractivity contribution in [1.82, 2.24) is 4.90 Å². The largest absolute Gasteiger partial charge is 0.369 e. The number of rotatable bonds is 9. The average molecular weight is 257 g/mol. The molecule has 0 aliphatic carbocycles. The zero-order chi connectivity index (χ0) is 14.1. The Balaban J connectivity index is 4.20. The fourth-order valence-corrected chi connectivity index (χ4v) is 1.52. The molecule has 0 aliphatic rings. The number of amides is 1. The van der Waals surface area contributed by atoms with Gasteiger partial charge < -0.3 is 9.64 Å². The molecule has 0 N–H and O–H groups in total. The van der Waals surface area contributed by atoms with Gasteiger partial charge in [0.2, 0.25) is 5.91 Å². The molecule has 0 aromatic carbocycles. The van der Waals surface area contributed by atoms with Crippen LogP contribution in [-0.2, 0) is 9.53 Å². The molecule has 0 atom stereocenters. The topological polar surface area (TPSA) is 29.5 Å². The second-order valence-corrected chi connectivity index (χ2v) is 6.11. The van der Waals surface area contributed by atoms with Crippen molar-refractivity contribution in [3.63, 3.8) is 0 Å². The SMILES string of the molecule is CC(C)CCN(CCC(C)C)C(=O)COC(C)C. The highest BCUT2D eigenvalue weighted by molar-refractivity contribution is 5.77. The third-order valence-corrected chi connectivity index (χ3v) is 2.85. The summed E-state index contributed by atoms with van der Waals surface area (Å²) >= 11 is 0. The van der Waals surface area contributed by atoms with Crippen LogP contribution >= 0.6 is 0 Å². The average Bonchev–Trinajstić information content (AvgIpc) is 2.25. The first-order chi connectivity index (χ1) is 8.32. The molecule has 108 valence electrons. The van der Waals surface area contributed by atoms with E-state index < -0.39 is 0 Å². The van der Waals surface area contributed by atoms with Gasteiger partial charge in [0.15, 0.2) is 0 Å². The number of hydrogen-bond donors (Lipinski definition) is 0.